The lowest BCUT2D eigenvalue weighted by atomic mass is 10.0. The highest BCUT2D eigenvalue weighted by molar-refractivity contribution is 7.92. The monoisotopic (exact) mass is 424 g/mol. The van der Waals surface area contributed by atoms with Crippen molar-refractivity contribution < 1.29 is 22.7 Å². The van der Waals surface area contributed by atoms with Gasteiger partial charge in [-0.2, -0.15) is 0 Å². The first-order valence-electron chi connectivity index (χ1n) is 9.23. The van der Waals surface area contributed by atoms with Crippen molar-refractivity contribution in [1.82, 2.24) is 0 Å². The number of para-hydroxylation sites is 1. The lowest BCUT2D eigenvalue weighted by Gasteiger charge is -2.22. The number of hydrogen-bond acceptors (Lipinski definition) is 5. The minimum absolute atomic E-state index is 0.0778. The molecule has 154 valence electrons. The first kappa shape index (κ1) is 19.8. The van der Waals surface area contributed by atoms with Gasteiger partial charge >= 0.3 is 0 Å². The maximum Gasteiger partial charge on any atom is 0.245 e. The summed E-state index contributed by atoms with van der Waals surface area (Å²) in [6.45, 7) is -0.296. The quantitative estimate of drug-likeness (QED) is 0.655. The number of anilines is 2. The molecular formula is C22H20N2O5S. The second kappa shape index (κ2) is 8.08. The molecule has 0 aliphatic carbocycles. The predicted octanol–water partition coefficient (Wildman–Crippen LogP) is 3.49. The number of hydrogen-bond donors (Lipinski definition) is 1. The summed E-state index contributed by atoms with van der Waals surface area (Å²) >= 11 is 0. The van der Waals surface area contributed by atoms with Gasteiger partial charge < -0.3 is 14.8 Å². The van der Waals surface area contributed by atoms with Crippen LogP contribution in [0.2, 0.25) is 0 Å². The van der Waals surface area contributed by atoms with E-state index in [1.807, 2.05) is 48.5 Å². The second-order valence-electron chi connectivity index (χ2n) is 6.77. The van der Waals surface area contributed by atoms with Gasteiger partial charge in [0.2, 0.25) is 22.7 Å². The second-order valence-corrected chi connectivity index (χ2v) is 8.67. The Balaban J connectivity index is 1.58. The topological polar surface area (TPSA) is 84.9 Å². The molecule has 0 atom stereocenters. The standard InChI is InChI=1S/C22H20N2O5S/c1-30(26,27)24(17-11-12-20-21(13-17)29-15-28-20)14-22(25)23-19-10-6-5-9-18(19)16-7-3-2-4-8-16/h2-13H,14-15H2,1H3,(H,23,25). The molecule has 1 aliphatic heterocycles. The fraction of sp³-hybridized carbons (Fsp3) is 0.136. The summed E-state index contributed by atoms with van der Waals surface area (Å²) in [6, 6.07) is 21.8. The van der Waals surface area contributed by atoms with Gasteiger partial charge in [0, 0.05) is 17.3 Å². The Bertz CT molecular complexity index is 1180. The number of nitrogens with zero attached hydrogens (tertiary/aromatic N) is 1. The predicted molar refractivity (Wildman–Crippen MR) is 115 cm³/mol. The Morgan fingerprint density at radius 2 is 1.67 bits per heavy atom. The first-order valence-corrected chi connectivity index (χ1v) is 11.1. The van der Waals surface area contributed by atoms with Crippen LogP contribution < -0.4 is 19.1 Å². The van der Waals surface area contributed by atoms with Crippen molar-refractivity contribution >= 4 is 27.3 Å². The fourth-order valence-electron chi connectivity index (χ4n) is 3.22. The minimum Gasteiger partial charge on any atom is -0.454 e. The van der Waals surface area contributed by atoms with E-state index >= 15 is 0 Å². The lowest BCUT2D eigenvalue weighted by molar-refractivity contribution is -0.114. The number of benzene rings is 3. The van der Waals surface area contributed by atoms with Gasteiger partial charge in [-0.3, -0.25) is 9.10 Å². The molecule has 8 heteroatoms. The molecular weight excluding hydrogens is 404 g/mol. The van der Waals surface area contributed by atoms with E-state index in [0.29, 0.717) is 22.9 Å². The molecule has 0 saturated heterocycles. The number of fused-ring (bicyclic) bond motifs is 1. The fourth-order valence-corrected chi connectivity index (χ4v) is 4.07. The molecule has 0 saturated carbocycles. The molecule has 0 bridgehead atoms. The summed E-state index contributed by atoms with van der Waals surface area (Å²) in [5.41, 5.74) is 2.73. The van der Waals surface area contributed by atoms with Crippen molar-refractivity contribution in [2.75, 3.05) is 29.2 Å². The third-order valence-electron chi connectivity index (χ3n) is 4.62. The molecule has 3 aromatic carbocycles. The molecule has 7 nitrogen and oxygen atoms in total. The van der Waals surface area contributed by atoms with Crippen LogP contribution in [0.15, 0.2) is 72.8 Å². The zero-order chi connectivity index (χ0) is 21.1. The number of carbonyl (C=O) groups excluding carboxylic acids is 1. The zero-order valence-electron chi connectivity index (χ0n) is 16.2. The van der Waals surface area contributed by atoms with Gasteiger partial charge in [-0.05, 0) is 23.8 Å². The minimum atomic E-state index is -3.71. The normalized spacial score (nSPS) is 12.4. The Labute approximate surface area is 174 Å². The van der Waals surface area contributed by atoms with Crippen molar-refractivity contribution in [3.05, 3.63) is 72.8 Å². The number of ether oxygens (including phenoxy) is 2. The third-order valence-corrected chi connectivity index (χ3v) is 5.76. The summed E-state index contributed by atoms with van der Waals surface area (Å²) in [7, 11) is -3.71. The lowest BCUT2D eigenvalue weighted by Crippen LogP contribution is -2.37. The van der Waals surface area contributed by atoms with Crippen LogP contribution in [0.3, 0.4) is 0 Å². The highest BCUT2D eigenvalue weighted by Gasteiger charge is 2.24. The third kappa shape index (κ3) is 4.23. The summed E-state index contributed by atoms with van der Waals surface area (Å²) < 4.78 is 36.4. The SMILES string of the molecule is CS(=O)(=O)N(CC(=O)Nc1ccccc1-c1ccccc1)c1ccc2c(c1)OCO2. The van der Waals surface area contributed by atoms with Gasteiger partial charge in [-0.1, -0.05) is 48.5 Å². The van der Waals surface area contributed by atoms with E-state index in [9.17, 15) is 13.2 Å². The maximum absolute atomic E-state index is 12.8. The van der Waals surface area contributed by atoms with Crippen LogP contribution in [0.4, 0.5) is 11.4 Å². The molecule has 0 aromatic heterocycles. The van der Waals surface area contributed by atoms with Gasteiger partial charge in [-0.25, -0.2) is 8.42 Å². The molecule has 1 heterocycles. The number of amides is 1. The number of nitrogens with one attached hydrogen (secondary N) is 1. The number of rotatable bonds is 6. The van der Waals surface area contributed by atoms with Crippen LogP contribution in [-0.4, -0.2) is 33.9 Å². The summed E-state index contributed by atoms with van der Waals surface area (Å²) in [6.07, 6.45) is 1.06. The molecule has 1 aliphatic rings. The molecule has 0 spiro atoms. The van der Waals surface area contributed by atoms with Crippen LogP contribution in [0, 0.1) is 0 Å². The molecule has 1 N–H and O–H groups in total. The van der Waals surface area contributed by atoms with Crippen LogP contribution in [-0.2, 0) is 14.8 Å². The maximum atomic E-state index is 12.8. The number of sulfonamides is 1. The molecule has 0 radical (unpaired) electrons. The van der Waals surface area contributed by atoms with Crippen LogP contribution in [0.1, 0.15) is 0 Å². The van der Waals surface area contributed by atoms with E-state index in [0.717, 1.165) is 21.7 Å². The summed E-state index contributed by atoms with van der Waals surface area (Å²) in [5.74, 6) is 0.519. The molecule has 4 rings (SSSR count). The smallest absolute Gasteiger partial charge is 0.245 e. The van der Waals surface area contributed by atoms with Gasteiger partial charge in [0.1, 0.15) is 6.54 Å². The summed E-state index contributed by atoms with van der Waals surface area (Å²) in [4.78, 5) is 12.8. The van der Waals surface area contributed by atoms with Gasteiger partial charge in [0.15, 0.2) is 11.5 Å². The highest BCUT2D eigenvalue weighted by atomic mass is 32.2. The van der Waals surface area contributed by atoms with Gasteiger partial charge in [-0.15, -0.1) is 0 Å². The van der Waals surface area contributed by atoms with E-state index in [1.165, 1.54) is 0 Å². The average molecular weight is 424 g/mol. The highest BCUT2D eigenvalue weighted by Crippen LogP contribution is 2.36. The first-order chi connectivity index (χ1) is 14.4. The summed E-state index contributed by atoms with van der Waals surface area (Å²) in [5, 5.41) is 2.83. The molecule has 0 unspecified atom stereocenters. The average Bonchev–Trinajstić information content (AvgIpc) is 3.20. The Morgan fingerprint density at radius 3 is 2.43 bits per heavy atom. The largest absolute Gasteiger partial charge is 0.454 e. The van der Waals surface area contributed by atoms with Gasteiger partial charge in [0.05, 0.1) is 11.9 Å². The Kier molecular flexibility index (Phi) is 5.33. The van der Waals surface area contributed by atoms with E-state index in [-0.39, 0.29) is 13.3 Å². The molecule has 3 aromatic rings. The van der Waals surface area contributed by atoms with Crippen molar-refractivity contribution in [3.8, 4) is 22.6 Å². The zero-order valence-corrected chi connectivity index (χ0v) is 17.1. The van der Waals surface area contributed by atoms with Crippen LogP contribution in [0.25, 0.3) is 11.1 Å². The van der Waals surface area contributed by atoms with Crippen molar-refractivity contribution in [1.29, 1.82) is 0 Å². The van der Waals surface area contributed by atoms with E-state index < -0.39 is 15.9 Å². The Hall–Kier alpha value is -3.52. The molecule has 0 fully saturated rings. The number of carbonyl (C=O) groups is 1. The van der Waals surface area contributed by atoms with Crippen molar-refractivity contribution in [2.45, 2.75) is 0 Å². The van der Waals surface area contributed by atoms with Gasteiger partial charge in [0.25, 0.3) is 0 Å². The van der Waals surface area contributed by atoms with E-state index in [4.69, 9.17) is 9.47 Å². The van der Waals surface area contributed by atoms with Crippen LogP contribution in [0.5, 0.6) is 11.5 Å². The van der Waals surface area contributed by atoms with E-state index in [1.54, 1.807) is 24.3 Å². The Morgan fingerprint density at radius 1 is 0.967 bits per heavy atom. The molecule has 30 heavy (non-hydrogen) atoms. The van der Waals surface area contributed by atoms with E-state index in [2.05, 4.69) is 5.32 Å². The van der Waals surface area contributed by atoms with Crippen molar-refractivity contribution in [2.24, 2.45) is 0 Å². The molecule has 1 amide bonds. The van der Waals surface area contributed by atoms with Crippen molar-refractivity contribution in [3.63, 3.8) is 0 Å². The van der Waals surface area contributed by atoms with Crippen LogP contribution >= 0.6 is 0 Å².